The number of hydrogen-bond donors (Lipinski definition) is 3. The molecule has 0 radical (unpaired) electrons. The summed E-state index contributed by atoms with van der Waals surface area (Å²) in [7, 11) is 1.69. The number of nitrogens with one attached hydrogen (secondary N) is 2. The molecule has 7 nitrogen and oxygen atoms in total. The minimum atomic E-state index is -0.701. The maximum Gasteiger partial charge on any atom is 0.317 e. The van der Waals surface area contributed by atoms with Gasteiger partial charge < -0.3 is 25.5 Å². The number of aryl methyl sites for hydroxylation is 1. The highest BCUT2D eigenvalue weighted by Crippen LogP contribution is 2.20. The zero-order valence-electron chi connectivity index (χ0n) is 22.0. The predicted octanol–water partition coefficient (Wildman–Crippen LogP) is 6.16. The smallest absolute Gasteiger partial charge is 0.317 e. The Hall–Kier alpha value is -3.88. The Morgan fingerprint density at radius 1 is 1.16 bits per heavy atom. The van der Waals surface area contributed by atoms with Crippen molar-refractivity contribution in [3.8, 4) is 5.75 Å². The summed E-state index contributed by atoms with van der Waals surface area (Å²) in [6.07, 6.45) is 5.24. The maximum atomic E-state index is 13.2. The summed E-state index contributed by atoms with van der Waals surface area (Å²) < 4.78 is 25.9. The summed E-state index contributed by atoms with van der Waals surface area (Å²) in [6.45, 7) is 6.99. The molecule has 0 aliphatic rings. The number of aromatic hydroxyl groups is 1. The van der Waals surface area contributed by atoms with Gasteiger partial charge in [-0.25, -0.2) is 13.6 Å². The van der Waals surface area contributed by atoms with Crippen molar-refractivity contribution in [1.82, 2.24) is 15.2 Å². The zero-order valence-corrected chi connectivity index (χ0v) is 22.0. The molecule has 0 aliphatic heterocycles. The van der Waals surface area contributed by atoms with E-state index in [9.17, 15) is 23.5 Å². The number of carbonyl (C=O) groups excluding carboxylic acids is 2. The number of aromatic nitrogens is 1. The van der Waals surface area contributed by atoms with Gasteiger partial charge in [0, 0.05) is 42.5 Å². The van der Waals surface area contributed by atoms with Gasteiger partial charge in [-0.2, -0.15) is 0 Å². The number of Topliss-reactive ketones (excluding diaryl/α,β-unsaturated/α-hetero) is 1. The number of halogens is 2. The minimum absolute atomic E-state index is 0.0488. The van der Waals surface area contributed by atoms with Gasteiger partial charge in [-0.1, -0.05) is 19.1 Å². The lowest BCUT2D eigenvalue weighted by molar-refractivity contribution is -0.115. The molecule has 0 fully saturated rings. The van der Waals surface area contributed by atoms with Crippen molar-refractivity contribution >= 4 is 28.8 Å². The van der Waals surface area contributed by atoms with Crippen LogP contribution in [0.1, 0.15) is 51.3 Å². The molecular weight excluding hydrogens is 478 g/mol. The number of para-hydroxylation sites is 1. The van der Waals surface area contributed by atoms with Crippen LogP contribution >= 0.6 is 0 Å². The molecule has 3 rings (SSSR count). The van der Waals surface area contributed by atoms with Crippen LogP contribution in [-0.4, -0.2) is 46.1 Å². The molecule has 0 spiro atoms. The fourth-order valence-corrected chi connectivity index (χ4v) is 3.33. The van der Waals surface area contributed by atoms with Crippen molar-refractivity contribution in [3.63, 3.8) is 0 Å². The summed E-state index contributed by atoms with van der Waals surface area (Å²) in [5.74, 6) is -1.17. The van der Waals surface area contributed by atoms with E-state index >= 15 is 0 Å². The fraction of sp³-hybridized carbons (Fsp3) is 0.357. The number of benzene rings is 2. The largest absolute Gasteiger partial charge is 0.505 e. The number of fused-ring (bicyclic) bond motifs is 1. The molecule has 1 unspecified atom stereocenters. The van der Waals surface area contributed by atoms with Crippen LogP contribution < -0.4 is 5.32 Å². The number of carbonyl (C=O) groups is 2. The van der Waals surface area contributed by atoms with Crippen LogP contribution in [0.2, 0.25) is 0 Å². The van der Waals surface area contributed by atoms with Gasteiger partial charge in [-0.3, -0.25) is 4.98 Å². The Kier molecular flexibility index (Phi) is 13.5. The molecule has 0 saturated heterocycles. The fourth-order valence-electron chi connectivity index (χ4n) is 3.33. The second-order valence-corrected chi connectivity index (χ2v) is 8.59. The standard InChI is InChI=1S/C15H22FN3O2.C10H8FN.C3H6O/c1-3-12(7-5-9-17)19(2)15(21)18-10-11-6-4-8-13(16)14(11)20;1-7-4-9-5-10(11)3-2-8(9)6-12-7;1-3(2)4/h4,6,8-9,12,17,20H,3,5,7,10H2,1-2H3,(H,18,21);2-6H,1H3;1-2H3. The first-order valence-corrected chi connectivity index (χ1v) is 11.9. The van der Waals surface area contributed by atoms with Gasteiger partial charge in [0.2, 0.25) is 0 Å². The van der Waals surface area contributed by atoms with E-state index in [-0.39, 0.29) is 30.2 Å². The topological polar surface area (TPSA) is 106 Å². The molecule has 0 aliphatic carbocycles. The number of urea groups is 1. The van der Waals surface area contributed by atoms with E-state index in [0.29, 0.717) is 12.0 Å². The zero-order chi connectivity index (χ0) is 28.0. The van der Waals surface area contributed by atoms with Crippen molar-refractivity contribution in [3.05, 3.63) is 71.6 Å². The Balaban J connectivity index is 0.000000356. The quantitative estimate of drug-likeness (QED) is 0.328. The Labute approximate surface area is 217 Å². The summed E-state index contributed by atoms with van der Waals surface area (Å²) in [5.41, 5.74) is 1.25. The van der Waals surface area contributed by atoms with E-state index in [0.717, 1.165) is 35.4 Å². The third kappa shape index (κ3) is 11.2. The van der Waals surface area contributed by atoms with Crippen LogP contribution in [0.4, 0.5) is 13.6 Å². The van der Waals surface area contributed by atoms with Gasteiger partial charge in [0.25, 0.3) is 0 Å². The van der Waals surface area contributed by atoms with Crippen LogP contribution in [-0.2, 0) is 11.3 Å². The summed E-state index contributed by atoms with van der Waals surface area (Å²) in [6, 6.07) is 10.5. The predicted molar refractivity (Wildman–Crippen MR) is 143 cm³/mol. The Morgan fingerprint density at radius 2 is 1.84 bits per heavy atom. The SMILES string of the molecule is CC(C)=O.CCC(CCC=N)N(C)C(=O)NCc1cccc(F)c1O.Cc1cc2cc(F)ccc2cn1. The highest BCUT2D eigenvalue weighted by atomic mass is 19.1. The van der Waals surface area contributed by atoms with E-state index in [1.807, 2.05) is 19.9 Å². The van der Waals surface area contributed by atoms with Gasteiger partial charge in [-0.05, 0) is 82.0 Å². The molecule has 1 heterocycles. The van der Waals surface area contributed by atoms with Crippen molar-refractivity contribution in [2.75, 3.05) is 7.05 Å². The molecule has 9 heteroatoms. The minimum Gasteiger partial charge on any atom is -0.505 e. The first-order valence-electron chi connectivity index (χ1n) is 11.9. The molecule has 2 aromatic carbocycles. The first-order chi connectivity index (χ1) is 17.5. The second kappa shape index (κ2) is 16.0. The number of phenols is 1. The molecule has 0 saturated carbocycles. The van der Waals surface area contributed by atoms with E-state index in [1.54, 1.807) is 30.3 Å². The van der Waals surface area contributed by atoms with Crippen molar-refractivity contribution < 1.29 is 23.5 Å². The summed E-state index contributed by atoms with van der Waals surface area (Å²) in [5, 5.41) is 21.1. The number of hydrogen-bond acceptors (Lipinski definition) is 5. The molecule has 200 valence electrons. The van der Waals surface area contributed by atoms with E-state index in [4.69, 9.17) is 5.41 Å². The lowest BCUT2D eigenvalue weighted by atomic mass is 10.1. The number of ketones is 1. The number of phenolic OH excluding ortho intramolecular Hbond substituents is 1. The monoisotopic (exact) mass is 514 g/mol. The highest BCUT2D eigenvalue weighted by Gasteiger charge is 2.18. The molecule has 3 N–H and O–H groups in total. The second-order valence-electron chi connectivity index (χ2n) is 8.59. The van der Waals surface area contributed by atoms with Crippen LogP contribution in [0.25, 0.3) is 10.8 Å². The third-order valence-corrected chi connectivity index (χ3v) is 5.30. The van der Waals surface area contributed by atoms with E-state index in [2.05, 4.69) is 10.3 Å². The van der Waals surface area contributed by atoms with E-state index < -0.39 is 11.6 Å². The number of pyridine rings is 1. The molecule has 3 aromatic rings. The average molecular weight is 515 g/mol. The number of nitrogens with zero attached hydrogens (tertiary/aromatic N) is 2. The number of amides is 2. The maximum absolute atomic E-state index is 13.2. The van der Waals surface area contributed by atoms with Crippen LogP contribution in [0, 0.1) is 24.0 Å². The van der Waals surface area contributed by atoms with Crippen molar-refractivity contribution in [2.24, 2.45) is 0 Å². The lowest BCUT2D eigenvalue weighted by Gasteiger charge is -2.27. The Bertz CT molecular complexity index is 1150. The molecule has 1 atom stereocenters. The summed E-state index contributed by atoms with van der Waals surface area (Å²) >= 11 is 0. The van der Waals surface area contributed by atoms with Gasteiger partial charge >= 0.3 is 6.03 Å². The molecule has 0 bridgehead atoms. The highest BCUT2D eigenvalue weighted by molar-refractivity contribution is 5.81. The lowest BCUT2D eigenvalue weighted by Crippen LogP contribution is -2.43. The van der Waals surface area contributed by atoms with Gasteiger partial charge in [0.05, 0.1) is 0 Å². The molecule has 2 amide bonds. The third-order valence-electron chi connectivity index (χ3n) is 5.30. The Morgan fingerprint density at radius 3 is 2.46 bits per heavy atom. The molecular formula is C28H36F2N4O3. The average Bonchev–Trinajstić information content (AvgIpc) is 2.84. The molecule has 37 heavy (non-hydrogen) atoms. The normalized spacial score (nSPS) is 10.8. The van der Waals surface area contributed by atoms with E-state index in [1.165, 1.54) is 38.3 Å². The summed E-state index contributed by atoms with van der Waals surface area (Å²) in [4.78, 5) is 27.2. The van der Waals surface area contributed by atoms with Crippen LogP contribution in [0.3, 0.4) is 0 Å². The van der Waals surface area contributed by atoms with Gasteiger partial charge in [0.1, 0.15) is 11.6 Å². The van der Waals surface area contributed by atoms with Crippen LogP contribution in [0.15, 0.2) is 48.7 Å². The molecule has 1 aromatic heterocycles. The first kappa shape index (κ1) is 31.2. The van der Waals surface area contributed by atoms with Gasteiger partial charge in [0.15, 0.2) is 11.6 Å². The van der Waals surface area contributed by atoms with Gasteiger partial charge in [-0.15, -0.1) is 0 Å². The number of rotatable bonds is 7. The van der Waals surface area contributed by atoms with Crippen molar-refractivity contribution in [1.29, 1.82) is 5.41 Å². The van der Waals surface area contributed by atoms with Crippen molar-refractivity contribution in [2.45, 2.75) is 59.5 Å². The van der Waals surface area contributed by atoms with Crippen LogP contribution in [0.5, 0.6) is 5.75 Å².